The van der Waals surface area contributed by atoms with Gasteiger partial charge in [0.2, 0.25) is 0 Å². The second-order valence-electron chi connectivity index (χ2n) is 5.61. The number of hydrogen-bond acceptors (Lipinski definition) is 4. The monoisotopic (exact) mass is 329 g/mol. The van der Waals surface area contributed by atoms with E-state index in [0.717, 1.165) is 6.08 Å². The molecule has 122 valence electrons. The SMILES string of the molecule is CC(C)(C)OC(=O)NC/C=C(\F)CS(=O)(=O)c1ccccc1. The number of halogens is 1. The van der Waals surface area contributed by atoms with Crippen LogP contribution in [0.5, 0.6) is 0 Å². The molecule has 0 fully saturated rings. The molecule has 1 aromatic carbocycles. The molecule has 0 aliphatic carbocycles. The number of amides is 1. The van der Waals surface area contributed by atoms with E-state index in [2.05, 4.69) is 5.32 Å². The molecule has 1 rings (SSSR count). The molecule has 1 N–H and O–H groups in total. The topological polar surface area (TPSA) is 72.5 Å². The molecule has 0 heterocycles. The van der Waals surface area contributed by atoms with Crippen LogP contribution in [0.3, 0.4) is 0 Å². The molecule has 1 aromatic rings. The molecule has 0 atom stereocenters. The van der Waals surface area contributed by atoms with Crippen molar-refractivity contribution in [2.75, 3.05) is 12.3 Å². The first-order valence-corrected chi connectivity index (χ1v) is 8.34. The molecule has 5 nitrogen and oxygen atoms in total. The van der Waals surface area contributed by atoms with E-state index < -0.39 is 33.1 Å². The fraction of sp³-hybridized carbons (Fsp3) is 0.400. The lowest BCUT2D eigenvalue weighted by Gasteiger charge is -2.19. The van der Waals surface area contributed by atoms with Gasteiger partial charge in [0, 0.05) is 6.54 Å². The Bertz CT molecular complexity index is 633. The van der Waals surface area contributed by atoms with Gasteiger partial charge >= 0.3 is 6.09 Å². The van der Waals surface area contributed by atoms with Crippen LogP contribution in [-0.4, -0.2) is 32.4 Å². The Labute approximate surface area is 130 Å². The summed E-state index contributed by atoms with van der Waals surface area (Å²) < 4.78 is 42.5. The Morgan fingerprint density at radius 1 is 1.27 bits per heavy atom. The molecule has 0 saturated heterocycles. The molecular weight excluding hydrogens is 309 g/mol. The Morgan fingerprint density at radius 2 is 1.86 bits per heavy atom. The summed E-state index contributed by atoms with van der Waals surface area (Å²) in [4.78, 5) is 11.4. The maximum atomic E-state index is 13.7. The largest absolute Gasteiger partial charge is 0.444 e. The van der Waals surface area contributed by atoms with Gasteiger partial charge in [-0.2, -0.15) is 0 Å². The summed E-state index contributed by atoms with van der Waals surface area (Å²) >= 11 is 0. The molecule has 0 radical (unpaired) electrons. The van der Waals surface area contributed by atoms with Crippen molar-refractivity contribution >= 4 is 15.9 Å². The summed E-state index contributed by atoms with van der Waals surface area (Å²) in [5.41, 5.74) is -0.650. The Morgan fingerprint density at radius 3 is 2.41 bits per heavy atom. The zero-order chi connectivity index (χ0) is 16.8. The van der Waals surface area contributed by atoms with Crippen molar-refractivity contribution in [2.45, 2.75) is 31.3 Å². The van der Waals surface area contributed by atoms with Crippen LogP contribution in [-0.2, 0) is 14.6 Å². The van der Waals surface area contributed by atoms with E-state index in [4.69, 9.17) is 4.74 Å². The molecule has 0 bridgehead atoms. The van der Waals surface area contributed by atoms with E-state index in [9.17, 15) is 17.6 Å². The highest BCUT2D eigenvalue weighted by Crippen LogP contribution is 2.14. The van der Waals surface area contributed by atoms with Crippen LogP contribution in [0, 0.1) is 0 Å². The van der Waals surface area contributed by atoms with Crippen molar-refractivity contribution in [3.63, 3.8) is 0 Å². The molecule has 0 unspecified atom stereocenters. The smallest absolute Gasteiger partial charge is 0.407 e. The molecule has 0 aliphatic heterocycles. The van der Waals surface area contributed by atoms with Crippen LogP contribution in [0.25, 0.3) is 0 Å². The molecule has 22 heavy (non-hydrogen) atoms. The lowest BCUT2D eigenvalue weighted by Crippen LogP contribution is -2.32. The maximum absolute atomic E-state index is 13.7. The molecule has 0 aromatic heterocycles. The maximum Gasteiger partial charge on any atom is 0.407 e. The van der Waals surface area contributed by atoms with Gasteiger partial charge in [-0.25, -0.2) is 17.6 Å². The van der Waals surface area contributed by atoms with Crippen LogP contribution in [0.15, 0.2) is 47.1 Å². The van der Waals surface area contributed by atoms with Crippen LogP contribution < -0.4 is 5.32 Å². The zero-order valence-corrected chi connectivity index (χ0v) is 13.6. The van der Waals surface area contributed by atoms with Gasteiger partial charge < -0.3 is 10.1 Å². The molecule has 7 heteroatoms. The summed E-state index contributed by atoms with van der Waals surface area (Å²) in [5, 5.41) is 2.32. The standard InChI is InChI=1S/C15H20FNO4S/c1-15(2,3)21-14(18)17-10-9-12(16)11-22(19,20)13-7-5-4-6-8-13/h4-9H,10-11H2,1-3H3,(H,17,18)/b12-9-. The van der Waals surface area contributed by atoms with Gasteiger partial charge in [0.05, 0.1) is 4.90 Å². The van der Waals surface area contributed by atoms with Gasteiger partial charge in [0.15, 0.2) is 9.84 Å². The number of alkyl carbamates (subject to hydrolysis) is 1. The number of benzene rings is 1. The van der Waals surface area contributed by atoms with Crippen LogP contribution in [0.2, 0.25) is 0 Å². The van der Waals surface area contributed by atoms with Crippen molar-refractivity contribution in [1.82, 2.24) is 5.32 Å². The molecule has 0 saturated carbocycles. The molecule has 0 aliphatic rings. The van der Waals surface area contributed by atoms with Crippen molar-refractivity contribution in [2.24, 2.45) is 0 Å². The fourth-order valence-electron chi connectivity index (χ4n) is 1.51. The van der Waals surface area contributed by atoms with Crippen molar-refractivity contribution in [3.8, 4) is 0 Å². The average molecular weight is 329 g/mol. The first-order chi connectivity index (χ1) is 10.1. The highest BCUT2D eigenvalue weighted by atomic mass is 32.2. The summed E-state index contributed by atoms with van der Waals surface area (Å²) in [7, 11) is -3.73. The summed E-state index contributed by atoms with van der Waals surface area (Å²) in [6.07, 6.45) is 0.312. The lowest BCUT2D eigenvalue weighted by molar-refractivity contribution is 0.0534. The predicted octanol–water partition coefficient (Wildman–Crippen LogP) is 2.84. The second kappa shape index (κ2) is 7.40. The Balaban J connectivity index is 2.55. The lowest BCUT2D eigenvalue weighted by atomic mass is 10.2. The summed E-state index contributed by atoms with van der Waals surface area (Å²) in [5.74, 6) is -1.58. The predicted molar refractivity (Wildman–Crippen MR) is 81.9 cm³/mol. The minimum atomic E-state index is -3.73. The molecular formula is C15H20FNO4S. The van der Waals surface area contributed by atoms with E-state index >= 15 is 0 Å². The fourth-order valence-corrected chi connectivity index (χ4v) is 2.73. The van der Waals surface area contributed by atoms with E-state index in [1.807, 2.05) is 0 Å². The zero-order valence-electron chi connectivity index (χ0n) is 12.8. The first kappa shape index (κ1) is 18.2. The van der Waals surface area contributed by atoms with Gasteiger partial charge in [0.25, 0.3) is 0 Å². The van der Waals surface area contributed by atoms with Crippen LogP contribution in [0.1, 0.15) is 20.8 Å². The number of ether oxygens (including phenoxy) is 1. The van der Waals surface area contributed by atoms with E-state index in [-0.39, 0.29) is 11.4 Å². The van der Waals surface area contributed by atoms with Crippen LogP contribution in [0.4, 0.5) is 9.18 Å². The van der Waals surface area contributed by atoms with Gasteiger partial charge in [-0.1, -0.05) is 18.2 Å². The third-order valence-corrected chi connectivity index (χ3v) is 4.05. The quantitative estimate of drug-likeness (QED) is 0.901. The Hall–Kier alpha value is -1.89. The van der Waals surface area contributed by atoms with E-state index in [1.165, 1.54) is 12.1 Å². The molecule has 0 spiro atoms. The highest BCUT2D eigenvalue weighted by Gasteiger charge is 2.17. The summed E-state index contributed by atoms with van der Waals surface area (Å²) in [6, 6.07) is 7.62. The highest BCUT2D eigenvalue weighted by molar-refractivity contribution is 7.91. The van der Waals surface area contributed by atoms with E-state index in [1.54, 1.807) is 39.0 Å². The normalized spacial score (nSPS) is 12.8. The third-order valence-electron chi connectivity index (χ3n) is 2.40. The molecule has 1 amide bonds. The number of sulfone groups is 1. The van der Waals surface area contributed by atoms with Gasteiger partial charge in [0.1, 0.15) is 17.2 Å². The minimum absolute atomic E-state index is 0.0543. The van der Waals surface area contributed by atoms with Crippen molar-refractivity contribution in [3.05, 3.63) is 42.2 Å². The number of rotatable bonds is 5. The second-order valence-corrected chi connectivity index (χ2v) is 7.60. The van der Waals surface area contributed by atoms with Crippen molar-refractivity contribution < 1.29 is 22.3 Å². The average Bonchev–Trinajstić information content (AvgIpc) is 2.37. The number of carbonyl (C=O) groups excluding carboxylic acids is 1. The number of hydrogen-bond donors (Lipinski definition) is 1. The van der Waals surface area contributed by atoms with Crippen molar-refractivity contribution in [1.29, 1.82) is 0 Å². The number of nitrogens with one attached hydrogen (secondary N) is 1. The van der Waals surface area contributed by atoms with Gasteiger partial charge in [-0.05, 0) is 39.0 Å². The minimum Gasteiger partial charge on any atom is -0.444 e. The Kier molecular flexibility index (Phi) is 6.11. The van der Waals surface area contributed by atoms with Gasteiger partial charge in [-0.15, -0.1) is 0 Å². The third kappa shape index (κ3) is 6.71. The van der Waals surface area contributed by atoms with Gasteiger partial charge in [-0.3, -0.25) is 0 Å². The van der Waals surface area contributed by atoms with Crippen LogP contribution >= 0.6 is 0 Å². The summed E-state index contributed by atoms with van der Waals surface area (Å²) in [6.45, 7) is 4.96. The first-order valence-electron chi connectivity index (χ1n) is 6.69. The van der Waals surface area contributed by atoms with E-state index in [0.29, 0.717) is 0 Å². The number of carbonyl (C=O) groups is 1.